The van der Waals surface area contributed by atoms with Crippen LogP contribution in [0.4, 0.5) is 0 Å². The summed E-state index contributed by atoms with van der Waals surface area (Å²) in [7, 11) is 0. The van der Waals surface area contributed by atoms with E-state index in [9.17, 15) is 19.2 Å². The first kappa shape index (κ1) is 17.1. The van der Waals surface area contributed by atoms with Crippen molar-refractivity contribution in [3.8, 4) is 0 Å². The maximum atomic E-state index is 12.6. The lowest BCUT2D eigenvalue weighted by Gasteiger charge is -2.24. The number of hydrogen-bond donors (Lipinski definition) is 2. The van der Waals surface area contributed by atoms with Crippen LogP contribution in [0.1, 0.15) is 52.5 Å². The number of amides is 4. The molecule has 0 spiro atoms. The summed E-state index contributed by atoms with van der Waals surface area (Å²) in [4.78, 5) is 50.5. The SMILES string of the molecule is Cc1ccc2c(c1)C(=O)N([C@H](C)C(=O)N[C@H]1CCCCNC1=O)C2=O. The second-order valence-electron chi connectivity index (χ2n) is 6.55. The quantitative estimate of drug-likeness (QED) is 0.792. The van der Waals surface area contributed by atoms with E-state index in [1.165, 1.54) is 6.92 Å². The van der Waals surface area contributed by atoms with Gasteiger partial charge in [0.25, 0.3) is 11.8 Å². The molecule has 2 atom stereocenters. The van der Waals surface area contributed by atoms with Crippen LogP contribution in [-0.2, 0) is 9.59 Å². The molecule has 1 saturated heterocycles. The van der Waals surface area contributed by atoms with E-state index >= 15 is 0 Å². The minimum atomic E-state index is -0.983. The average Bonchev–Trinajstić information content (AvgIpc) is 2.71. The summed E-state index contributed by atoms with van der Waals surface area (Å²) >= 11 is 0. The van der Waals surface area contributed by atoms with Crippen molar-refractivity contribution in [2.45, 2.75) is 45.2 Å². The maximum Gasteiger partial charge on any atom is 0.262 e. The number of aryl methyl sites for hydroxylation is 1. The Morgan fingerprint density at radius 3 is 2.68 bits per heavy atom. The molecule has 2 aliphatic heterocycles. The molecule has 1 fully saturated rings. The molecule has 0 aromatic heterocycles. The summed E-state index contributed by atoms with van der Waals surface area (Å²) < 4.78 is 0. The normalized spacial score (nSPS) is 21.4. The lowest BCUT2D eigenvalue weighted by atomic mass is 10.1. The van der Waals surface area contributed by atoms with Gasteiger partial charge in [-0.2, -0.15) is 0 Å². The third-order valence-electron chi connectivity index (χ3n) is 4.69. The summed E-state index contributed by atoms with van der Waals surface area (Å²) in [5.74, 6) is -1.69. The molecule has 0 saturated carbocycles. The zero-order valence-corrected chi connectivity index (χ0v) is 14.3. The van der Waals surface area contributed by atoms with Gasteiger partial charge >= 0.3 is 0 Å². The smallest absolute Gasteiger partial charge is 0.262 e. The molecule has 0 radical (unpaired) electrons. The van der Waals surface area contributed by atoms with E-state index in [4.69, 9.17) is 0 Å². The number of nitrogens with one attached hydrogen (secondary N) is 2. The number of carbonyl (C=O) groups excluding carboxylic acids is 4. The lowest BCUT2D eigenvalue weighted by molar-refractivity contribution is -0.130. The second-order valence-corrected chi connectivity index (χ2v) is 6.55. The van der Waals surface area contributed by atoms with Crippen LogP contribution in [0.5, 0.6) is 0 Å². The molecular formula is C18H21N3O4. The van der Waals surface area contributed by atoms with Gasteiger partial charge in [-0.15, -0.1) is 0 Å². The van der Waals surface area contributed by atoms with E-state index < -0.39 is 29.8 Å². The van der Waals surface area contributed by atoms with Crippen LogP contribution < -0.4 is 10.6 Å². The van der Waals surface area contributed by atoms with E-state index in [0.29, 0.717) is 24.1 Å². The fraction of sp³-hybridized carbons (Fsp3) is 0.444. The number of rotatable bonds is 3. The van der Waals surface area contributed by atoms with E-state index in [0.717, 1.165) is 23.3 Å². The maximum absolute atomic E-state index is 12.6. The molecule has 132 valence electrons. The molecule has 0 unspecified atom stereocenters. The topological polar surface area (TPSA) is 95.6 Å². The zero-order valence-electron chi connectivity index (χ0n) is 14.3. The van der Waals surface area contributed by atoms with Gasteiger partial charge in [0, 0.05) is 6.54 Å². The third kappa shape index (κ3) is 3.14. The van der Waals surface area contributed by atoms with Crippen molar-refractivity contribution in [1.82, 2.24) is 15.5 Å². The van der Waals surface area contributed by atoms with Crippen LogP contribution in [-0.4, -0.2) is 47.2 Å². The zero-order chi connectivity index (χ0) is 18.1. The van der Waals surface area contributed by atoms with Crippen LogP contribution in [0, 0.1) is 6.92 Å². The summed E-state index contributed by atoms with van der Waals surface area (Å²) in [6, 6.07) is 3.40. The number of benzene rings is 1. The average molecular weight is 343 g/mol. The molecule has 0 bridgehead atoms. The molecular weight excluding hydrogens is 322 g/mol. The first-order chi connectivity index (χ1) is 11.9. The van der Waals surface area contributed by atoms with Gasteiger partial charge in [-0.25, -0.2) is 0 Å². The molecule has 0 aliphatic carbocycles. The van der Waals surface area contributed by atoms with Crippen LogP contribution in [0.3, 0.4) is 0 Å². The van der Waals surface area contributed by atoms with E-state index in [-0.39, 0.29) is 5.91 Å². The molecule has 1 aromatic rings. The highest BCUT2D eigenvalue weighted by molar-refractivity contribution is 6.23. The Hall–Kier alpha value is -2.70. The largest absolute Gasteiger partial charge is 0.354 e. The molecule has 25 heavy (non-hydrogen) atoms. The highest BCUT2D eigenvalue weighted by Crippen LogP contribution is 2.25. The Morgan fingerprint density at radius 1 is 1.20 bits per heavy atom. The van der Waals surface area contributed by atoms with Gasteiger partial charge < -0.3 is 10.6 Å². The number of imide groups is 1. The standard InChI is InChI=1S/C18H21N3O4/c1-10-6-7-12-13(9-10)18(25)21(17(12)24)11(2)15(22)20-14-5-3-4-8-19-16(14)23/h6-7,9,11,14H,3-5,8H2,1-2H3,(H,19,23)(H,20,22)/t11-,14+/m1/s1. The van der Waals surface area contributed by atoms with E-state index in [1.807, 2.05) is 6.92 Å². The Labute approximate surface area is 145 Å². The highest BCUT2D eigenvalue weighted by Gasteiger charge is 2.41. The van der Waals surface area contributed by atoms with Crippen LogP contribution in [0.15, 0.2) is 18.2 Å². The molecule has 2 N–H and O–H groups in total. The van der Waals surface area contributed by atoms with Gasteiger partial charge in [-0.1, -0.05) is 11.6 Å². The molecule has 7 heteroatoms. The monoisotopic (exact) mass is 343 g/mol. The van der Waals surface area contributed by atoms with Crippen LogP contribution in [0.25, 0.3) is 0 Å². The van der Waals surface area contributed by atoms with Crippen molar-refractivity contribution in [3.05, 3.63) is 34.9 Å². The molecule has 4 amide bonds. The minimum absolute atomic E-state index is 0.226. The summed E-state index contributed by atoms with van der Waals surface area (Å²) in [5.41, 5.74) is 1.49. The third-order valence-corrected chi connectivity index (χ3v) is 4.69. The first-order valence-electron chi connectivity index (χ1n) is 8.47. The predicted octanol–water partition coefficient (Wildman–Crippen LogP) is 0.764. The Balaban J connectivity index is 1.75. The van der Waals surface area contributed by atoms with Crippen molar-refractivity contribution in [3.63, 3.8) is 0 Å². The fourth-order valence-corrected chi connectivity index (χ4v) is 3.21. The second kappa shape index (κ2) is 6.66. The van der Waals surface area contributed by atoms with Crippen molar-refractivity contribution < 1.29 is 19.2 Å². The lowest BCUT2D eigenvalue weighted by Crippen LogP contribution is -2.53. The first-order valence-corrected chi connectivity index (χ1v) is 8.47. The minimum Gasteiger partial charge on any atom is -0.354 e. The summed E-state index contributed by atoms with van der Waals surface area (Å²) in [5, 5.41) is 5.41. The van der Waals surface area contributed by atoms with Gasteiger partial charge in [-0.3, -0.25) is 24.1 Å². The van der Waals surface area contributed by atoms with Gasteiger partial charge in [0.15, 0.2) is 0 Å². The van der Waals surface area contributed by atoms with Crippen molar-refractivity contribution in [1.29, 1.82) is 0 Å². The van der Waals surface area contributed by atoms with Crippen LogP contribution >= 0.6 is 0 Å². The predicted molar refractivity (Wildman–Crippen MR) is 89.9 cm³/mol. The van der Waals surface area contributed by atoms with Gasteiger partial charge in [0.05, 0.1) is 11.1 Å². The van der Waals surface area contributed by atoms with Crippen LogP contribution in [0.2, 0.25) is 0 Å². The fourth-order valence-electron chi connectivity index (χ4n) is 3.21. The van der Waals surface area contributed by atoms with E-state index in [1.54, 1.807) is 18.2 Å². The van der Waals surface area contributed by atoms with Gasteiger partial charge in [0.2, 0.25) is 11.8 Å². The summed E-state index contributed by atoms with van der Waals surface area (Å²) in [6.45, 7) is 3.93. The molecule has 7 nitrogen and oxygen atoms in total. The van der Waals surface area contributed by atoms with Crippen molar-refractivity contribution in [2.24, 2.45) is 0 Å². The molecule has 2 heterocycles. The van der Waals surface area contributed by atoms with Crippen molar-refractivity contribution in [2.75, 3.05) is 6.54 Å². The van der Waals surface area contributed by atoms with Gasteiger partial charge in [-0.05, 0) is 45.2 Å². The number of nitrogens with zero attached hydrogens (tertiary/aromatic N) is 1. The number of hydrogen-bond acceptors (Lipinski definition) is 4. The number of fused-ring (bicyclic) bond motifs is 1. The number of carbonyl (C=O) groups is 4. The van der Waals surface area contributed by atoms with Crippen molar-refractivity contribution >= 4 is 23.6 Å². The van der Waals surface area contributed by atoms with Gasteiger partial charge in [0.1, 0.15) is 12.1 Å². The Kier molecular flexibility index (Phi) is 4.57. The summed E-state index contributed by atoms with van der Waals surface area (Å²) in [6.07, 6.45) is 2.24. The Morgan fingerprint density at radius 2 is 1.92 bits per heavy atom. The molecule has 2 aliphatic rings. The van der Waals surface area contributed by atoms with E-state index in [2.05, 4.69) is 10.6 Å². The molecule has 1 aromatic carbocycles. The molecule has 3 rings (SSSR count). The highest BCUT2D eigenvalue weighted by atomic mass is 16.2. The Bertz CT molecular complexity index is 759.